The maximum atomic E-state index is 11.9. The third-order valence-electron chi connectivity index (χ3n) is 3.41. The van der Waals surface area contributed by atoms with E-state index in [-0.39, 0.29) is 18.5 Å². The highest BCUT2D eigenvalue weighted by Gasteiger charge is 2.11. The summed E-state index contributed by atoms with van der Waals surface area (Å²) in [6.07, 6.45) is 2.53. The predicted octanol–water partition coefficient (Wildman–Crippen LogP) is 4.05. The Morgan fingerprint density at radius 2 is 1.88 bits per heavy atom. The smallest absolute Gasteiger partial charge is 0.322 e. The molecule has 0 aliphatic carbocycles. The van der Waals surface area contributed by atoms with Gasteiger partial charge in [-0.25, -0.2) is 0 Å². The SMILES string of the molecule is CSc1ccc(Cc2nnc(NC(=O)COc3ccc(Cl)cc3)o2)cc1. The molecule has 1 amide bonds. The van der Waals surface area contributed by atoms with Crippen LogP contribution in [0.25, 0.3) is 0 Å². The molecule has 1 heterocycles. The lowest BCUT2D eigenvalue weighted by atomic mass is 10.1. The normalized spacial score (nSPS) is 10.5. The van der Waals surface area contributed by atoms with E-state index in [1.54, 1.807) is 36.0 Å². The third kappa shape index (κ3) is 5.24. The fraction of sp³-hybridized carbons (Fsp3) is 0.167. The van der Waals surface area contributed by atoms with E-state index in [4.69, 9.17) is 20.8 Å². The van der Waals surface area contributed by atoms with Gasteiger partial charge in [-0.3, -0.25) is 10.1 Å². The monoisotopic (exact) mass is 389 g/mol. The van der Waals surface area contributed by atoms with Crippen LogP contribution in [0.1, 0.15) is 11.5 Å². The minimum absolute atomic E-state index is 0.0467. The zero-order valence-electron chi connectivity index (χ0n) is 13.9. The van der Waals surface area contributed by atoms with Gasteiger partial charge in [0.15, 0.2) is 6.61 Å². The molecule has 0 spiro atoms. The van der Waals surface area contributed by atoms with Crippen molar-refractivity contribution in [3.63, 3.8) is 0 Å². The minimum Gasteiger partial charge on any atom is -0.484 e. The average molecular weight is 390 g/mol. The molecule has 2 aromatic carbocycles. The Bertz CT molecular complexity index is 866. The van der Waals surface area contributed by atoms with Gasteiger partial charge >= 0.3 is 6.01 Å². The zero-order chi connectivity index (χ0) is 18.4. The lowest BCUT2D eigenvalue weighted by Crippen LogP contribution is -2.20. The molecule has 0 saturated heterocycles. The Balaban J connectivity index is 1.50. The molecular formula is C18H16ClN3O3S. The molecule has 0 aliphatic heterocycles. The summed E-state index contributed by atoms with van der Waals surface area (Å²) in [5.41, 5.74) is 1.05. The Hall–Kier alpha value is -2.51. The quantitative estimate of drug-likeness (QED) is 0.614. The van der Waals surface area contributed by atoms with Gasteiger partial charge in [-0.15, -0.1) is 16.9 Å². The molecule has 0 saturated carbocycles. The van der Waals surface area contributed by atoms with Crippen LogP contribution in [0.5, 0.6) is 5.75 Å². The number of carbonyl (C=O) groups excluding carboxylic acids is 1. The Labute approximate surface area is 159 Å². The number of rotatable bonds is 7. The number of nitrogens with zero attached hydrogens (tertiary/aromatic N) is 2. The molecule has 26 heavy (non-hydrogen) atoms. The van der Waals surface area contributed by atoms with Crippen molar-refractivity contribution in [2.24, 2.45) is 0 Å². The number of aromatic nitrogens is 2. The van der Waals surface area contributed by atoms with Crippen LogP contribution in [0.3, 0.4) is 0 Å². The van der Waals surface area contributed by atoms with E-state index in [2.05, 4.69) is 15.5 Å². The molecule has 8 heteroatoms. The zero-order valence-corrected chi connectivity index (χ0v) is 15.5. The number of benzene rings is 2. The highest BCUT2D eigenvalue weighted by Crippen LogP contribution is 2.18. The van der Waals surface area contributed by atoms with Crippen molar-refractivity contribution in [3.8, 4) is 5.75 Å². The molecule has 0 radical (unpaired) electrons. The molecule has 0 atom stereocenters. The van der Waals surface area contributed by atoms with E-state index in [0.29, 0.717) is 23.1 Å². The standard InChI is InChI=1S/C18H16ClN3O3S/c1-26-15-8-2-12(3-9-15)10-17-21-22-18(25-17)20-16(23)11-24-14-6-4-13(19)5-7-14/h2-9H,10-11H2,1H3,(H,20,22,23). The van der Waals surface area contributed by atoms with Gasteiger partial charge in [0, 0.05) is 9.92 Å². The highest BCUT2D eigenvalue weighted by molar-refractivity contribution is 7.98. The van der Waals surface area contributed by atoms with Gasteiger partial charge in [0.25, 0.3) is 5.91 Å². The van der Waals surface area contributed by atoms with Gasteiger partial charge < -0.3 is 9.15 Å². The van der Waals surface area contributed by atoms with Gasteiger partial charge in [-0.2, -0.15) is 0 Å². The summed E-state index contributed by atoms with van der Waals surface area (Å²) in [6.45, 7) is -0.171. The van der Waals surface area contributed by atoms with Crippen LogP contribution in [0.15, 0.2) is 57.8 Å². The lowest BCUT2D eigenvalue weighted by molar-refractivity contribution is -0.118. The van der Waals surface area contributed by atoms with Gasteiger partial charge in [0.05, 0.1) is 6.42 Å². The number of hydrogen-bond acceptors (Lipinski definition) is 6. The lowest BCUT2D eigenvalue weighted by Gasteiger charge is -2.05. The second-order valence-electron chi connectivity index (χ2n) is 5.32. The van der Waals surface area contributed by atoms with Crippen molar-refractivity contribution < 1.29 is 13.9 Å². The van der Waals surface area contributed by atoms with Crippen LogP contribution in [0.4, 0.5) is 6.01 Å². The first-order valence-electron chi connectivity index (χ1n) is 7.76. The summed E-state index contributed by atoms with van der Waals surface area (Å²) in [5.74, 6) is 0.583. The van der Waals surface area contributed by atoms with Crippen molar-refractivity contribution in [2.45, 2.75) is 11.3 Å². The molecule has 1 N–H and O–H groups in total. The predicted molar refractivity (Wildman–Crippen MR) is 101 cm³/mol. The van der Waals surface area contributed by atoms with E-state index in [1.807, 2.05) is 30.5 Å². The summed E-state index contributed by atoms with van der Waals surface area (Å²) >= 11 is 7.47. The van der Waals surface area contributed by atoms with Crippen LogP contribution < -0.4 is 10.1 Å². The molecule has 1 aromatic heterocycles. The Morgan fingerprint density at radius 3 is 2.58 bits per heavy atom. The van der Waals surface area contributed by atoms with Crippen LogP contribution in [0, 0.1) is 0 Å². The largest absolute Gasteiger partial charge is 0.484 e. The van der Waals surface area contributed by atoms with Gasteiger partial charge in [-0.05, 0) is 48.2 Å². The van der Waals surface area contributed by atoms with E-state index in [0.717, 1.165) is 5.56 Å². The number of nitrogens with one attached hydrogen (secondary N) is 1. The van der Waals surface area contributed by atoms with Gasteiger partial charge in [0.1, 0.15) is 5.75 Å². The fourth-order valence-corrected chi connectivity index (χ4v) is 2.66. The summed E-state index contributed by atoms with van der Waals surface area (Å²) < 4.78 is 10.8. The number of hydrogen-bond donors (Lipinski definition) is 1. The van der Waals surface area contributed by atoms with Crippen molar-refractivity contribution in [1.29, 1.82) is 0 Å². The number of amides is 1. The van der Waals surface area contributed by atoms with Crippen LogP contribution >= 0.6 is 23.4 Å². The summed E-state index contributed by atoms with van der Waals surface area (Å²) in [7, 11) is 0. The second-order valence-corrected chi connectivity index (χ2v) is 6.63. The van der Waals surface area contributed by atoms with E-state index < -0.39 is 0 Å². The van der Waals surface area contributed by atoms with Crippen LogP contribution in [-0.2, 0) is 11.2 Å². The molecule has 6 nitrogen and oxygen atoms in total. The summed E-state index contributed by atoms with van der Waals surface area (Å²) in [6, 6.07) is 14.9. The van der Waals surface area contributed by atoms with Crippen molar-refractivity contribution in [2.75, 3.05) is 18.2 Å². The van der Waals surface area contributed by atoms with E-state index >= 15 is 0 Å². The first-order chi connectivity index (χ1) is 12.6. The average Bonchev–Trinajstić information content (AvgIpc) is 3.08. The molecule has 0 fully saturated rings. The number of thioether (sulfide) groups is 1. The highest BCUT2D eigenvalue weighted by atomic mass is 35.5. The van der Waals surface area contributed by atoms with E-state index in [9.17, 15) is 4.79 Å². The van der Waals surface area contributed by atoms with Gasteiger partial charge in [0.2, 0.25) is 5.89 Å². The third-order valence-corrected chi connectivity index (χ3v) is 4.41. The fourth-order valence-electron chi connectivity index (χ4n) is 2.13. The minimum atomic E-state index is -0.389. The Morgan fingerprint density at radius 1 is 1.15 bits per heavy atom. The summed E-state index contributed by atoms with van der Waals surface area (Å²) in [5, 5.41) is 10.9. The molecule has 3 rings (SSSR count). The first-order valence-corrected chi connectivity index (χ1v) is 9.36. The summed E-state index contributed by atoms with van der Waals surface area (Å²) in [4.78, 5) is 13.1. The number of carbonyl (C=O) groups is 1. The topological polar surface area (TPSA) is 77.2 Å². The molecule has 0 aliphatic rings. The molecular weight excluding hydrogens is 374 g/mol. The van der Waals surface area contributed by atoms with Crippen molar-refractivity contribution in [1.82, 2.24) is 10.2 Å². The first kappa shape index (κ1) is 18.3. The maximum absolute atomic E-state index is 11.9. The number of ether oxygens (including phenoxy) is 1. The molecule has 134 valence electrons. The second kappa shape index (κ2) is 8.73. The van der Waals surface area contributed by atoms with Gasteiger partial charge in [-0.1, -0.05) is 28.8 Å². The number of halogens is 1. The van der Waals surface area contributed by atoms with Crippen molar-refractivity contribution in [3.05, 3.63) is 65.0 Å². The number of anilines is 1. The molecule has 0 bridgehead atoms. The Kier molecular flexibility index (Phi) is 6.14. The molecule has 0 unspecified atom stereocenters. The molecule has 3 aromatic rings. The van der Waals surface area contributed by atoms with E-state index in [1.165, 1.54) is 4.90 Å². The van der Waals surface area contributed by atoms with Crippen LogP contribution in [-0.4, -0.2) is 29.0 Å². The van der Waals surface area contributed by atoms with Crippen LogP contribution in [0.2, 0.25) is 5.02 Å². The maximum Gasteiger partial charge on any atom is 0.322 e. The van der Waals surface area contributed by atoms with Crippen molar-refractivity contribution >= 4 is 35.3 Å².